The molecule has 166 valence electrons. The lowest BCUT2D eigenvalue weighted by Gasteiger charge is -2.52. The Bertz CT molecular complexity index is 1080. The van der Waals surface area contributed by atoms with Gasteiger partial charge >= 0.3 is 0 Å². The summed E-state index contributed by atoms with van der Waals surface area (Å²) in [7, 11) is 0. The average molecular weight is 428 g/mol. The molecule has 3 aromatic rings. The second-order valence-corrected chi connectivity index (χ2v) is 9.55. The third kappa shape index (κ3) is 3.93. The van der Waals surface area contributed by atoms with Gasteiger partial charge in [-0.1, -0.05) is 61.9 Å². The molecule has 32 heavy (non-hydrogen) atoms. The van der Waals surface area contributed by atoms with E-state index in [-0.39, 0.29) is 17.9 Å². The highest BCUT2D eigenvalue weighted by atomic mass is 16.1. The van der Waals surface area contributed by atoms with Gasteiger partial charge in [-0.05, 0) is 61.4 Å². The summed E-state index contributed by atoms with van der Waals surface area (Å²) < 4.78 is 0. The number of hydrogen-bond donors (Lipinski definition) is 1. The number of nitrogens with one attached hydrogen (secondary N) is 1. The fourth-order valence-electron chi connectivity index (χ4n) is 5.93. The summed E-state index contributed by atoms with van der Waals surface area (Å²) in [6, 6.07) is 20.8. The van der Waals surface area contributed by atoms with Gasteiger partial charge in [-0.25, -0.2) is 0 Å². The van der Waals surface area contributed by atoms with Crippen molar-refractivity contribution in [2.24, 2.45) is 11.8 Å². The Morgan fingerprint density at radius 3 is 2.66 bits per heavy atom. The number of aromatic nitrogens is 1. The number of fused-ring (bicyclic) bond motifs is 4. The second-order valence-electron chi connectivity index (χ2n) is 9.55. The predicted octanol–water partition coefficient (Wildman–Crippen LogP) is 5.32. The summed E-state index contributed by atoms with van der Waals surface area (Å²) in [6.45, 7) is 6.61. The van der Waals surface area contributed by atoms with Gasteiger partial charge < -0.3 is 5.32 Å². The van der Waals surface area contributed by atoms with E-state index >= 15 is 0 Å². The third-order valence-electron chi connectivity index (χ3n) is 7.85. The molecule has 0 aliphatic carbocycles. The molecular formula is C28H33N3O. The Balaban J connectivity index is 1.50. The van der Waals surface area contributed by atoms with Crippen molar-refractivity contribution in [3.63, 3.8) is 0 Å². The molecule has 4 heterocycles. The number of benzene rings is 2. The first-order valence-corrected chi connectivity index (χ1v) is 12.1. The highest BCUT2D eigenvalue weighted by Gasteiger charge is 2.43. The van der Waals surface area contributed by atoms with Crippen LogP contribution in [0.25, 0.3) is 10.9 Å². The number of para-hydroxylation sites is 1. The minimum absolute atomic E-state index is 0.0397. The van der Waals surface area contributed by atoms with Gasteiger partial charge in [0, 0.05) is 24.2 Å². The largest absolute Gasteiger partial charge is 0.347 e. The molecule has 2 bridgehead atoms. The van der Waals surface area contributed by atoms with E-state index in [2.05, 4.69) is 46.4 Å². The van der Waals surface area contributed by atoms with Crippen LogP contribution in [0.4, 0.5) is 0 Å². The molecule has 4 heteroatoms. The lowest BCUT2D eigenvalue weighted by atomic mass is 9.72. The van der Waals surface area contributed by atoms with Crippen molar-refractivity contribution in [2.45, 2.75) is 51.1 Å². The standard InChI is InChI=1S/C28H33N3O/c1-3-20-18-31-16-14-22(20)17-26(31)27(24-13-15-29-25-12-8-7-11-23(24)25)30-28(32)19(2)21-9-5-4-6-10-21/h4-13,15,19-20,22,26-27H,3,14,16-18H2,1-2H3,(H,30,32)/t19?,20-,22-,26+,27+/m0/s1. The zero-order chi connectivity index (χ0) is 22.1. The van der Waals surface area contributed by atoms with Crippen molar-refractivity contribution in [2.75, 3.05) is 13.1 Å². The normalized spacial score (nSPS) is 26.6. The van der Waals surface area contributed by atoms with E-state index in [0.29, 0.717) is 6.04 Å². The Kier molecular flexibility index (Phi) is 5.97. The predicted molar refractivity (Wildman–Crippen MR) is 129 cm³/mol. The van der Waals surface area contributed by atoms with Crippen LogP contribution in [0.3, 0.4) is 0 Å². The van der Waals surface area contributed by atoms with E-state index in [0.717, 1.165) is 47.8 Å². The number of pyridine rings is 1. The molecule has 0 spiro atoms. The maximum absolute atomic E-state index is 13.5. The van der Waals surface area contributed by atoms with Crippen molar-refractivity contribution in [1.82, 2.24) is 15.2 Å². The van der Waals surface area contributed by atoms with Gasteiger partial charge in [-0.2, -0.15) is 0 Å². The second kappa shape index (κ2) is 9.03. The fourth-order valence-corrected chi connectivity index (χ4v) is 5.93. The molecule has 0 radical (unpaired) electrons. The average Bonchev–Trinajstić information content (AvgIpc) is 2.87. The summed E-state index contributed by atoms with van der Waals surface area (Å²) in [4.78, 5) is 20.7. The summed E-state index contributed by atoms with van der Waals surface area (Å²) in [5.74, 6) is 1.45. The van der Waals surface area contributed by atoms with E-state index in [1.165, 1.54) is 18.4 Å². The summed E-state index contributed by atoms with van der Waals surface area (Å²) >= 11 is 0. The topological polar surface area (TPSA) is 45.2 Å². The molecule has 2 aromatic carbocycles. The molecule has 1 aromatic heterocycles. The van der Waals surface area contributed by atoms with Gasteiger partial charge in [0.1, 0.15) is 0 Å². The lowest BCUT2D eigenvalue weighted by molar-refractivity contribution is -0.124. The SMILES string of the molecule is CC[C@H]1CN2CC[C@H]1C[C@@H]2[C@H](NC(=O)C(C)c1ccccc1)c1ccnc2ccccc12. The van der Waals surface area contributed by atoms with Crippen molar-refractivity contribution >= 4 is 16.8 Å². The van der Waals surface area contributed by atoms with Crippen LogP contribution in [0, 0.1) is 11.8 Å². The molecule has 3 fully saturated rings. The van der Waals surface area contributed by atoms with Crippen molar-refractivity contribution in [3.05, 3.63) is 78.0 Å². The van der Waals surface area contributed by atoms with E-state index in [9.17, 15) is 4.79 Å². The van der Waals surface area contributed by atoms with Gasteiger partial charge in [0.15, 0.2) is 0 Å². The number of rotatable bonds is 6. The molecule has 1 N–H and O–H groups in total. The Morgan fingerprint density at radius 1 is 1.12 bits per heavy atom. The van der Waals surface area contributed by atoms with Gasteiger partial charge in [-0.3, -0.25) is 14.7 Å². The highest BCUT2D eigenvalue weighted by Crippen LogP contribution is 2.43. The summed E-state index contributed by atoms with van der Waals surface area (Å²) in [5, 5.41) is 4.64. The minimum atomic E-state index is -0.189. The Hall–Kier alpha value is -2.72. The van der Waals surface area contributed by atoms with Crippen molar-refractivity contribution in [1.29, 1.82) is 0 Å². The van der Waals surface area contributed by atoms with Gasteiger partial charge in [-0.15, -0.1) is 0 Å². The molecule has 3 saturated heterocycles. The van der Waals surface area contributed by atoms with Gasteiger partial charge in [0.2, 0.25) is 5.91 Å². The van der Waals surface area contributed by atoms with Crippen LogP contribution in [-0.4, -0.2) is 34.9 Å². The van der Waals surface area contributed by atoms with Crippen LogP contribution in [-0.2, 0) is 4.79 Å². The minimum Gasteiger partial charge on any atom is -0.347 e. The first-order valence-electron chi connectivity index (χ1n) is 12.1. The Labute approximate surface area is 191 Å². The first-order chi connectivity index (χ1) is 15.7. The zero-order valence-electron chi connectivity index (χ0n) is 19.1. The van der Waals surface area contributed by atoms with Crippen molar-refractivity contribution in [3.8, 4) is 0 Å². The maximum atomic E-state index is 13.5. The number of hydrogen-bond acceptors (Lipinski definition) is 3. The van der Waals surface area contributed by atoms with Gasteiger partial charge in [0.25, 0.3) is 0 Å². The number of carbonyl (C=O) groups excluding carboxylic acids is 1. The Morgan fingerprint density at radius 2 is 1.91 bits per heavy atom. The number of amides is 1. The first kappa shape index (κ1) is 21.1. The van der Waals surface area contributed by atoms with Gasteiger partial charge in [0.05, 0.1) is 17.5 Å². The molecule has 1 amide bonds. The monoisotopic (exact) mass is 427 g/mol. The van der Waals surface area contributed by atoms with E-state index in [1.807, 2.05) is 49.5 Å². The van der Waals surface area contributed by atoms with Crippen molar-refractivity contribution < 1.29 is 4.79 Å². The highest BCUT2D eigenvalue weighted by molar-refractivity contribution is 5.86. The smallest absolute Gasteiger partial charge is 0.227 e. The number of piperidine rings is 3. The summed E-state index contributed by atoms with van der Waals surface area (Å²) in [5.41, 5.74) is 3.23. The molecule has 6 atom stereocenters. The number of carbonyl (C=O) groups is 1. The zero-order valence-corrected chi connectivity index (χ0v) is 19.1. The van der Waals surface area contributed by atoms with Crippen LogP contribution in [0.2, 0.25) is 0 Å². The summed E-state index contributed by atoms with van der Waals surface area (Å²) in [6.07, 6.45) is 5.57. The molecule has 0 saturated carbocycles. The molecule has 3 aliphatic heterocycles. The lowest BCUT2D eigenvalue weighted by Crippen LogP contribution is -2.57. The third-order valence-corrected chi connectivity index (χ3v) is 7.85. The van der Waals surface area contributed by atoms with E-state index in [4.69, 9.17) is 0 Å². The molecular weight excluding hydrogens is 394 g/mol. The molecule has 2 unspecified atom stereocenters. The van der Waals surface area contributed by atoms with Crippen LogP contribution >= 0.6 is 0 Å². The van der Waals surface area contributed by atoms with Crippen LogP contribution in [0.15, 0.2) is 66.9 Å². The fraction of sp³-hybridized carbons (Fsp3) is 0.429. The molecule has 3 aliphatic rings. The van der Waals surface area contributed by atoms with Crippen LogP contribution in [0.1, 0.15) is 56.2 Å². The molecule has 4 nitrogen and oxygen atoms in total. The van der Waals surface area contributed by atoms with E-state index in [1.54, 1.807) is 0 Å². The molecule has 6 rings (SSSR count). The maximum Gasteiger partial charge on any atom is 0.227 e. The van der Waals surface area contributed by atoms with Crippen LogP contribution in [0.5, 0.6) is 0 Å². The van der Waals surface area contributed by atoms with E-state index < -0.39 is 0 Å². The van der Waals surface area contributed by atoms with Crippen LogP contribution < -0.4 is 5.32 Å². The number of nitrogens with zero attached hydrogens (tertiary/aromatic N) is 2. The quantitative estimate of drug-likeness (QED) is 0.579.